The molecule has 42 heavy (non-hydrogen) atoms. The van der Waals surface area contributed by atoms with Crippen LogP contribution in [0.2, 0.25) is 0 Å². The van der Waals surface area contributed by atoms with Crippen LogP contribution < -0.4 is 14.5 Å². The summed E-state index contributed by atoms with van der Waals surface area (Å²) >= 11 is 0. The predicted octanol–water partition coefficient (Wildman–Crippen LogP) is 9.72. The standard InChI is InChI=1S/C39H32N2O/c1-40(2)32-21-19-31(20-22-32)39(30-12-6-3-7-13-30)27-26-37-36-24-23-35(28-29(36)18-25-38(37)42-39)41(33-14-8-4-9-15-33)34-16-10-5-11-17-34/h3-28H,1-2H3. The minimum atomic E-state index is -0.718. The first-order valence-corrected chi connectivity index (χ1v) is 14.3. The molecule has 0 fully saturated rings. The van der Waals surface area contributed by atoms with Gasteiger partial charge in [-0.3, -0.25) is 0 Å². The van der Waals surface area contributed by atoms with Crippen LogP contribution >= 0.6 is 0 Å². The monoisotopic (exact) mass is 544 g/mol. The smallest absolute Gasteiger partial charge is 0.178 e. The molecule has 1 aliphatic rings. The quantitative estimate of drug-likeness (QED) is 0.208. The molecule has 6 aromatic rings. The number of benzene rings is 6. The highest BCUT2D eigenvalue weighted by Gasteiger charge is 2.37. The summed E-state index contributed by atoms with van der Waals surface area (Å²) in [6.07, 6.45) is 4.45. The van der Waals surface area contributed by atoms with Gasteiger partial charge in [-0.25, -0.2) is 0 Å². The molecular formula is C39H32N2O. The Labute approximate surface area is 247 Å². The maximum absolute atomic E-state index is 7.01. The van der Waals surface area contributed by atoms with Crippen LogP contribution in [0.15, 0.2) is 152 Å². The first-order valence-electron chi connectivity index (χ1n) is 14.3. The minimum Gasteiger partial charge on any atom is -0.473 e. The number of para-hydroxylation sites is 2. The largest absolute Gasteiger partial charge is 0.473 e. The third-order valence-corrected chi connectivity index (χ3v) is 8.06. The van der Waals surface area contributed by atoms with Crippen molar-refractivity contribution in [3.05, 3.63) is 168 Å². The first-order chi connectivity index (χ1) is 20.6. The zero-order valence-corrected chi connectivity index (χ0v) is 23.8. The predicted molar refractivity (Wildman–Crippen MR) is 176 cm³/mol. The van der Waals surface area contributed by atoms with Crippen molar-refractivity contribution in [2.45, 2.75) is 5.60 Å². The third-order valence-electron chi connectivity index (χ3n) is 8.06. The van der Waals surface area contributed by atoms with Gasteiger partial charge < -0.3 is 14.5 Å². The van der Waals surface area contributed by atoms with Gasteiger partial charge in [0.2, 0.25) is 0 Å². The molecular weight excluding hydrogens is 512 g/mol. The fourth-order valence-corrected chi connectivity index (χ4v) is 5.90. The first kappa shape index (κ1) is 25.7. The lowest BCUT2D eigenvalue weighted by atomic mass is 9.83. The van der Waals surface area contributed by atoms with E-state index in [0.29, 0.717) is 0 Å². The van der Waals surface area contributed by atoms with E-state index in [1.165, 1.54) is 5.39 Å². The average Bonchev–Trinajstić information content (AvgIpc) is 3.06. The van der Waals surface area contributed by atoms with E-state index in [9.17, 15) is 0 Å². The van der Waals surface area contributed by atoms with Crippen LogP contribution in [0.1, 0.15) is 16.7 Å². The van der Waals surface area contributed by atoms with Crippen LogP contribution in [-0.2, 0) is 5.60 Å². The number of fused-ring (bicyclic) bond motifs is 3. The van der Waals surface area contributed by atoms with Crippen molar-refractivity contribution in [3.8, 4) is 5.75 Å². The van der Waals surface area contributed by atoms with Gasteiger partial charge in [-0.05, 0) is 77.5 Å². The van der Waals surface area contributed by atoms with Crippen molar-refractivity contribution >= 4 is 39.6 Å². The summed E-state index contributed by atoms with van der Waals surface area (Å²) in [7, 11) is 4.12. The van der Waals surface area contributed by atoms with Gasteiger partial charge in [-0.2, -0.15) is 0 Å². The van der Waals surface area contributed by atoms with Crippen molar-refractivity contribution in [2.24, 2.45) is 0 Å². The van der Waals surface area contributed by atoms with Crippen LogP contribution in [-0.4, -0.2) is 14.1 Å². The summed E-state index contributed by atoms with van der Waals surface area (Å²) in [6.45, 7) is 0. The van der Waals surface area contributed by atoms with Gasteiger partial charge in [0.1, 0.15) is 5.75 Å². The Morgan fingerprint density at radius 2 is 1.10 bits per heavy atom. The summed E-state index contributed by atoms with van der Waals surface area (Å²) in [6, 6.07) is 51.1. The van der Waals surface area contributed by atoms with Crippen LogP contribution in [0.5, 0.6) is 5.75 Å². The summed E-state index contributed by atoms with van der Waals surface area (Å²) in [5.74, 6) is 0.876. The van der Waals surface area contributed by atoms with Crippen molar-refractivity contribution in [3.63, 3.8) is 0 Å². The zero-order valence-electron chi connectivity index (χ0n) is 23.8. The summed E-state index contributed by atoms with van der Waals surface area (Å²) in [4.78, 5) is 4.41. The maximum Gasteiger partial charge on any atom is 0.178 e. The van der Waals surface area contributed by atoms with Gasteiger partial charge in [0.05, 0.1) is 0 Å². The van der Waals surface area contributed by atoms with Gasteiger partial charge in [0.15, 0.2) is 5.60 Å². The Morgan fingerprint density at radius 1 is 0.524 bits per heavy atom. The van der Waals surface area contributed by atoms with Gasteiger partial charge >= 0.3 is 0 Å². The van der Waals surface area contributed by atoms with Crippen LogP contribution in [0.4, 0.5) is 22.7 Å². The van der Waals surface area contributed by atoms with E-state index >= 15 is 0 Å². The molecule has 1 atom stereocenters. The second-order valence-electron chi connectivity index (χ2n) is 10.9. The normalized spacial score (nSPS) is 15.6. The minimum absolute atomic E-state index is 0.718. The van der Waals surface area contributed by atoms with E-state index in [-0.39, 0.29) is 0 Å². The number of anilines is 4. The molecule has 0 bridgehead atoms. The third kappa shape index (κ3) is 4.49. The molecule has 0 saturated heterocycles. The Kier molecular flexibility index (Phi) is 6.48. The Bertz CT molecular complexity index is 1820. The van der Waals surface area contributed by atoms with E-state index in [1.54, 1.807) is 0 Å². The van der Waals surface area contributed by atoms with Gasteiger partial charge in [0.25, 0.3) is 0 Å². The molecule has 0 aliphatic carbocycles. The van der Waals surface area contributed by atoms with Gasteiger partial charge in [0, 0.05) is 53.5 Å². The Morgan fingerprint density at radius 3 is 1.71 bits per heavy atom. The molecule has 0 amide bonds. The lowest BCUT2D eigenvalue weighted by Gasteiger charge is -2.36. The second-order valence-corrected chi connectivity index (χ2v) is 10.9. The SMILES string of the molecule is CN(C)c1ccc(C2(c3ccccc3)C=Cc3c(ccc4cc(N(c5ccccc5)c5ccccc5)ccc34)O2)cc1. The van der Waals surface area contributed by atoms with Crippen molar-refractivity contribution in [1.29, 1.82) is 0 Å². The lowest BCUT2D eigenvalue weighted by Crippen LogP contribution is -2.34. The lowest BCUT2D eigenvalue weighted by molar-refractivity contribution is 0.161. The average molecular weight is 545 g/mol. The summed E-state index contributed by atoms with van der Waals surface area (Å²) < 4.78 is 7.01. The van der Waals surface area contributed by atoms with E-state index in [0.717, 1.165) is 50.6 Å². The van der Waals surface area contributed by atoms with E-state index in [1.807, 2.05) is 6.07 Å². The molecule has 3 heteroatoms. The number of rotatable bonds is 6. The number of ether oxygens (including phenoxy) is 1. The van der Waals surface area contributed by atoms with Crippen LogP contribution in [0, 0.1) is 0 Å². The molecule has 0 saturated carbocycles. The van der Waals surface area contributed by atoms with Gasteiger partial charge in [-0.15, -0.1) is 0 Å². The molecule has 0 aromatic heterocycles. The number of hydrogen-bond acceptors (Lipinski definition) is 3. The van der Waals surface area contributed by atoms with Crippen molar-refractivity contribution in [2.75, 3.05) is 23.9 Å². The molecule has 0 N–H and O–H groups in total. The molecule has 204 valence electrons. The van der Waals surface area contributed by atoms with Crippen molar-refractivity contribution in [1.82, 2.24) is 0 Å². The van der Waals surface area contributed by atoms with Crippen molar-refractivity contribution < 1.29 is 4.74 Å². The zero-order chi connectivity index (χ0) is 28.5. The maximum atomic E-state index is 7.01. The van der Waals surface area contributed by atoms with E-state index < -0.39 is 5.60 Å². The summed E-state index contributed by atoms with van der Waals surface area (Å²) in [5, 5.41) is 2.33. The van der Waals surface area contributed by atoms with E-state index in [4.69, 9.17) is 4.74 Å². The Hall–Kier alpha value is -5.28. The fraction of sp³-hybridized carbons (Fsp3) is 0.0769. The summed E-state index contributed by atoms with van der Waals surface area (Å²) in [5.41, 5.74) is 7.09. The van der Waals surface area contributed by atoms with Crippen LogP contribution in [0.3, 0.4) is 0 Å². The number of hydrogen-bond donors (Lipinski definition) is 0. The second kappa shape index (κ2) is 10.6. The van der Waals surface area contributed by atoms with Crippen LogP contribution in [0.25, 0.3) is 16.8 Å². The highest BCUT2D eigenvalue weighted by molar-refractivity contribution is 5.97. The highest BCUT2D eigenvalue weighted by atomic mass is 16.5. The molecule has 7 rings (SSSR count). The molecule has 3 nitrogen and oxygen atoms in total. The molecule has 1 aliphatic heterocycles. The molecule has 0 spiro atoms. The molecule has 1 unspecified atom stereocenters. The van der Waals surface area contributed by atoms with Gasteiger partial charge in [-0.1, -0.05) is 91.0 Å². The Balaban J connectivity index is 1.32. The topological polar surface area (TPSA) is 15.7 Å². The fourth-order valence-electron chi connectivity index (χ4n) is 5.90. The number of nitrogens with zero attached hydrogens (tertiary/aromatic N) is 2. The molecule has 1 heterocycles. The highest BCUT2D eigenvalue weighted by Crippen LogP contribution is 2.45. The molecule has 6 aromatic carbocycles. The van der Waals surface area contributed by atoms with E-state index in [2.05, 4.69) is 176 Å². The molecule has 0 radical (unpaired) electrons.